The van der Waals surface area contributed by atoms with Crippen molar-refractivity contribution in [2.75, 3.05) is 0 Å². The van der Waals surface area contributed by atoms with Gasteiger partial charge in [-0.3, -0.25) is 4.79 Å². The number of aromatic nitrogens is 1. The van der Waals surface area contributed by atoms with Gasteiger partial charge in [-0.2, -0.15) is 0 Å². The second-order valence-corrected chi connectivity index (χ2v) is 10.3. The summed E-state index contributed by atoms with van der Waals surface area (Å²) in [4.78, 5) is 15.8. The molecule has 0 bridgehead atoms. The first-order chi connectivity index (χ1) is 10.0. The molecule has 0 aliphatic heterocycles. The molecule has 0 unspecified atom stereocenters. The first kappa shape index (κ1) is 20.0. The molecule has 132 valence electrons. The number of hydrogen-bond donors (Lipinski definition) is 2. The minimum atomic E-state index is -0.280. The molecule has 1 aromatic rings. The summed E-state index contributed by atoms with van der Waals surface area (Å²) >= 11 is 0. The molecule has 23 heavy (non-hydrogen) atoms. The zero-order valence-corrected chi connectivity index (χ0v) is 16.6. The van der Waals surface area contributed by atoms with Gasteiger partial charge in [0.15, 0.2) is 5.43 Å². The average Bonchev–Trinajstić information content (AvgIpc) is 2.21. The third-order valence-electron chi connectivity index (χ3n) is 4.17. The Morgan fingerprint density at radius 2 is 1.22 bits per heavy atom. The predicted octanol–water partition coefficient (Wildman–Crippen LogP) is 4.49. The van der Waals surface area contributed by atoms with Crippen LogP contribution in [0.2, 0.25) is 0 Å². The number of H-pyrrole nitrogens is 1. The summed E-state index contributed by atoms with van der Waals surface area (Å²) in [6.45, 7) is 19.5. The molecule has 0 amide bonds. The standard InChI is InChI=1S/C20H36N2O/c1-17(2,3)12-18(4,5)15-10-14(23)11-16(22-15)19(6,7)13-20(8,9)21/h10-11H,12-13,21H2,1-9H3,(H,22,23). The lowest BCUT2D eigenvalue weighted by molar-refractivity contribution is 0.277. The molecule has 3 heteroatoms. The van der Waals surface area contributed by atoms with Gasteiger partial charge in [0.1, 0.15) is 0 Å². The Kier molecular flexibility index (Phi) is 5.28. The SMILES string of the molecule is CC(C)(C)CC(C)(C)c1cc(=O)cc(C(C)(C)CC(C)(C)N)[nH]1. The number of nitrogens with one attached hydrogen (secondary N) is 1. The molecular weight excluding hydrogens is 284 g/mol. The number of nitrogens with two attached hydrogens (primary N) is 1. The lowest BCUT2D eigenvalue weighted by Gasteiger charge is -2.36. The molecular formula is C20H36N2O. The van der Waals surface area contributed by atoms with E-state index in [-0.39, 0.29) is 27.2 Å². The minimum Gasteiger partial charge on any atom is -0.361 e. The van der Waals surface area contributed by atoms with Gasteiger partial charge in [0, 0.05) is 39.9 Å². The summed E-state index contributed by atoms with van der Waals surface area (Å²) in [6, 6.07) is 3.47. The third kappa shape index (κ3) is 6.14. The van der Waals surface area contributed by atoms with Crippen LogP contribution in [0.3, 0.4) is 0 Å². The van der Waals surface area contributed by atoms with Crippen molar-refractivity contribution in [3.63, 3.8) is 0 Å². The zero-order chi connectivity index (χ0) is 18.3. The molecule has 0 spiro atoms. The van der Waals surface area contributed by atoms with Crippen LogP contribution >= 0.6 is 0 Å². The first-order valence-electron chi connectivity index (χ1n) is 8.56. The summed E-state index contributed by atoms with van der Waals surface area (Å²) < 4.78 is 0. The van der Waals surface area contributed by atoms with Gasteiger partial charge in [-0.15, -0.1) is 0 Å². The van der Waals surface area contributed by atoms with Crippen LogP contribution in [0.15, 0.2) is 16.9 Å². The highest BCUT2D eigenvalue weighted by atomic mass is 16.1. The van der Waals surface area contributed by atoms with E-state index in [1.54, 1.807) is 12.1 Å². The van der Waals surface area contributed by atoms with Crippen molar-refractivity contribution in [3.8, 4) is 0 Å². The number of rotatable bonds is 5. The summed E-state index contributed by atoms with van der Waals surface area (Å²) in [7, 11) is 0. The van der Waals surface area contributed by atoms with Crippen LogP contribution in [-0.2, 0) is 10.8 Å². The van der Waals surface area contributed by atoms with Crippen LogP contribution in [0.4, 0.5) is 0 Å². The van der Waals surface area contributed by atoms with Crippen LogP contribution in [0, 0.1) is 5.41 Å². The molecule has 0 saturated carbocycles. The van der Waals surface area contributed by atoms with Gasteiger partial charge in [0.2, 0.25) is 0 Å². The first-order valence-corrected chi connectivity index (χ1v) is 8.56. The Morgan fingerprint density at radius 1 is 0.826 bits per heavy atom. The van der Waals surface area contributed by atoms with Crippen LogP contribution in [-0.4, -0.2) is 10.5 Å². The maximum Gasteiger partial charge on any atom is 0.182 e. The zero-order valence-electron chi connectivity index (χ0n) is 16.6. The fourth-order valence-electron chi connectivity index (χ4n) is 3.93. The maximum atomic E-state index is 12.3. The van der Waals surface area contributed by atoms with E-state index in [2.05, 4.69) is 53.5 Å². The highest BCUT2D eigenvalue weighted by Gasteiger charge is 2.32. The van der Waals surface area contributed by atoms with Crippen LogP contribution in [0.25, 0.3) is 0 Å². The number of pyridine rings is 1. The van der Waals surface area contributed by atoms with Crippen molar-refractivity contribution in [1.29, 1.82) is 0 Å². The predicted molar refractivity (Wildman–Crippen MR) is 100 cm³/mol. The van der Waals surface area contributed by atoms with Crippen molar-refractivity contribution in [3.05, 3.63) is 33.7 Å². The van der Waals surface area contributed by atoms with E-state index in [0.717, 1.165) is 24.2 Å². The van der Waals surface area contributed by atoms with E-state index in [9.17, 15) is 4.79 Å². The Balaban J connectivity index is 3.31. The fraction of sp³-hybridized carbons (Fsp3) is 0.750. The molecule has 1 heterocycles. The molecule has 0 atom stereocenters. The molecule has 3 nitrogen and oxygen atoms in total. The third-order valence-corrected chi connectivity index (χ3v) is 4.17. The Bertz CT molecular complexity index is 546. The van der Waals surface area contributed by atoms with Gasteiger partial charge in [0.05, 0.1) is 0 Å². The number of hydrogen-bond acceptors (Lipinski definition) is 2. The Labute approximate surface area is 142 Å². The largest absolute Gasteiger partial charge is 0.361 e. The van der Waals surface area contributed by atoms with Crippen molar-refractivity contribution < 1.29 is 0 Å². The van der Waals surface area contributed by atoms with Crippen molar-refractivity contribution in [2.24, 2.45) is 11.1 Å². The van der Waals surface area contributed by atoms with E-state index in [1.165, 1.54) is 0 Å². The quantitative estimate of drug-likeness (QED) is 0.839. The lowest BCUT2D eigenvalue weighted by Crippen LogP contribution is -2.40. The summed E-state index contributed by atoms with van der Waals surface area (Å²) in [5, 5.41) is 0. The van der Waals surface area contributed by atoms with Crippen LogP contribution in [0.1, 0.15) is 86.5 Å². The summed E-state index contributed by atoms with van der Waals surface area (Å²) in [5.74, 6) is 0. The van der Waals surface area contributed by atoms with E-state index < -0.39 is 0 Å². The van der Waals surface area contributed by atoms with Crippen molar-refractivity contribution >= 4 is 0 Å². The molecule has 0 aliphatic rings. The lowest BCUT2D eigenvalue weighted by atomic mass is 9.73. The molecule has 0 radical (unpaired) electrons. The van der Waals surface area contributed by atoms with Crippen LogP contribution in [0.5, 0.6) is 0 Å². The average molecular weight is 321 g/mol. The molecule has 0 aliphatic carbocycles. The molecule has 1 aromatic heterocycles. The molecule has 1 rings (SSSR count). The van der Waals surface area contributed by atoms with E-state index in [1.807, 2.05) is 13.8 Å². The normalized spacial score (nSPS) is 14.2. The van der Waals surface area contributed by atoms with E-state index in [0.29, 0.717) is 0 Å². The van der Waals surface area contributed by atoms with Gasteiger partial charge in [-0.05, 0) is 32.1 Å². The van der Waals surface area contributed by atoms with E-state index >= 15 is 0 Å². The van der Waals surface area contributed by atoms with Gasteiger partial charge < -0.3 is 10.7 Å². The monoisotopic (exact) mass is 320 g/mol. The van der Waals surface area contributed by atoms with Gasteiger partial charge in [-0.1, -0.05) is 48.5 Å². The highest BCUT2D eigenvalue weighted by Crippen LogP contribution is 2.36. The van der Waals surface area contributed by atoms with E-state index in [4.69, 9.17) is 5.73 Å². The van der Waals surface area contributed by atoms with Gasteiger partial charge >= 0.3 is 0 Å². The Morgan fingerprint density at radius 3 is 1.57 bits per heavy atom. The summed E-state index contributed by atoms with van der Waals surface area (Å²) in [6.07, 6.45) is 1.81. The molecule has 0 saturated heterocycles. The second-order valence-electron chi connectivity index (χ2n) is 10.3. The topological polar surface area (TPSA) is 58.9 Å². The fourth-order valence-corrected chi connectivity index (χ4v) is 3.93. The smallest absolute Gasteiger partial charge is 0.182 e. The molecule has 3 N–H and O–H groups in total. The second kappa shape index (κ2) is 6.08. The van der Waals surface area contributed by atoms with Crippen molar-refractivity contribution in [1.82, 2.24) is 4.98 Å². The Hall–Kier alpha value is -1.09. The minimum absolute atomic E-state index is 0.0682. The number of aromatic amines is 1. The van der Waals surface area contributed by atoms with Gasteiger partial charge in [0.25, 0.3) is 0 Å². The summed E-state index contributed by atoms with van der Waals surface area (Å²) in [5.41, 5.74) is 7.93. The highest BCUT2D eigenvalue weighted by molar-refractivity contribution is 5.24. The molecule has 0 fully saturated rings. The maximum absolute atomic E-state index is 12.3. The van der Waals surface area contributed by atoms with Crippen molar-refractivity contribution in [2.45, 2.75) is 91.5 Å². The van der Waals surface area contributed by atoms with Gasteiger partial charge in [-0.25, -0.2) is 0 Å². The molecule has 0 aromatic carbocycles. The van der Waals surface area contributed by atoms with Crippen LogP contribution < -0.4 is 11.2 Å².